The highest BCUT2D eigenvalue weighted by Crippen LogP contribution is 2.30. The second kappa shape index (κ2) is 8.15. The molecule has 6 nitrogen and oxygen atoms in total. The third-order valence-corrected chi connectivity index (χ3v) is 5.39. The van der Waals surface area contributed by atoms with Crippen molar-refractivity contribution in [2.75, 3.05) is 39.5 Å². The molecule has 0 bridgehead atoms. The van der Waals surface area contributed by atoms with Crippen LogP contribution in [-0.2, 0) is 15.9 Å². The molecule has 144 valence electrons. The van der Waals surface area contributed by atoms with Gasteiger partial charge >= 0.3 is 6.03 Å². The lowest BCUT2D eigenvalue weighted by Crippen LogP contribution is -2.46. The first kappa shape index (κ1) is 18.1. The van der Waals surface area contributed by atoms with Crippen LogP contribution in [0.3, 0.4) is 0 Å². The average molecular weight is 369 g/mol. The van der Waals surface area contributed by atoms with Gasteiger partial charge in [0.1, 0.15) is 0 Å². The van der Waals surface area contributed by atoms with E-state index in [2.05, 4.69) is 47.7 Å². The van der Waals surface area contributed by atoms with Crippen LogP contribution < -0.4 is 5.32 Å². The van der Waals surface area contributed by atoms with Crippen LogP contribution >= 0.6 is 0 Å². The van der Waals surface area contributed by atoms with Crippen molar-refractivity contribution < 1.29 is 14.3 Å². The van der Waals surface area contributed by atoms with Gasteiger partial charge in [-0.15, -0.1) is 0 Å². The predicted octanol–water partition coefficient (Wildman–Crippen LogP) is 2.94. The minimum Gasteiger partial charge on any atom is -0.376 e. The lowest BCUT2D eigenvalue weighted by atomic mass is 9.98. The van der Waals surface area contributed by atoms with Crippen LogP contribution in [0.5, 0.6) is 0 Å². The smallest absolute Gasteiger partial charge is 0.317 e. The van der Waals surface area contributed by atoms with Crippen LogP contribution in [-0.4, -0.2) is 61.5 Å². The zero-order valence-corrected chi connectivity index (χ0v) is 15.8. The Hall–Kier alpha value is -2.31. The summed E-state index contributed by atoms with van der Waals surface area (Å²) in [4.78, 5) is 17.7. The van der Waals surface area contributed by atoms with Gasteiger partial charge in [-0.2, -0.15) is 0 Å². The highest BCUT2D eigenvalue weighted by Gasteiger charge is 2.21. The van der Waals surface area contributed by atoms with Crippen LogP contribution in [0, 0.1) is 0 Å². The zero-order chi connectivity index (χ0) is 18.6. The molecule has 2 amide bonds. The summed E-state index contributed by atoms with van der Waals surface area (Å²) >= 11 is 0. The minimum atomic E-state index is -0.0439. The van der Waals surface area contributed by atoms with Gasteiger partial charge in [0, 0.05) is 42.3 Å². The molecule has 0 spiro atoms. The van der Waals surface area contributed by atoms with Crippen LogP contribution in [0.4, 0.5) is 4.79 Å². The topological polar surface area (TPSA) is 66.6 Å². The number of hydrogen-bond donors (Lipinski definition) is 2. The summed E-state index contributed by atoms with van der Waals surface area (Å²) in [6.45, 7) is 5.80. The molecule has 1 saturated heterocycles. The third-order valence-electron chi connectivity index (χ3n) is 5.39. The number of amides is 2. The normalized spacial score (nSPS) is 20.6. The third kappa shape index (κ3) is 3.87. The maximum atomic E-state index is 12.4. The molecule has 0 radical (unpaired) electrons. The fourth-order valence-electron chi connectivity index (χ4n) is 3.84. The van der Waals surface area contributed by atoms with E-state index in [4.69, 9.17) is 9.47 Å². The number of hydrogen-bond acceptors (Lipinski definition) is 3. The van der Waals surface area contributed by atoms with Gasteiger partial charge in [-0.25, -0.2) is 4.79 Å². The van der Waals surface area contributed by atoms with E-state index in [9.17, 15) is 4.79 Å². The number of ether oxygens (including phenoxy) is 2. The Bertz CT molecular complexity index is 836. The van der Waals surface area contributed by atoms with Gasteiger partial charge in [-0.3, -0.25) is 0 Å². The molecule has 1 fully saturated rings. The summed E-state index contributed by atoms with van der Waals surface area (Å²) in [5.74, 6) is 0. The second-order valence-corrected chi connectivity index (χ2v) is 7.07. The van der Waals surface area contributed by atoms with E-state index in [0.29, 0.717) is 32.9 Å². The van der Waals surface area contributed by atoms with Crippen molar-refractivity contribution in [3.8, 4) is 0 Å². The number of aromatic amines is 1. The molecule has 1 atom stereocenters. The number of para-hydroxylation sites is 1. The molecule has 2 N–H and O–H groups in total. The molecule has 0 saturated carbocycles. The number of benzene rings is 1. The molecule has 27 heavy (non-hydrogen) atoms. The first-order valence-electron chi connectivity index (χ1n) is 9.76. The number of fused-ring (bicyclic) bond motifs is 1. The van der Waals surface area contributed by atoms with Gasteiger partial charge in [0.2, 0.25) is 0 Å². The Morgan fingerprint density at radius 1 is 1.37 bits per heavy atom. The van der Waals surface area contributed by atoms with E-state index in [0.717, 1.165) is 19.4 Å². The Balaban J connectivity index is 1.39. The molecule has 3 heterocycles. The van der Waals surface area contributed by atoms with Gasteiger partial charge in [-0.05, 0) is 24.0 Å². The summed E-state index contributed by atoms with van der Waals surface area (Å²) in [5.41, 5.74) is 5.13. The lowest BCUT2D eigenvalue weighted by molar-refractivity contribution is -0.0855. The number of carbonyl (C=O) groups is 1. The molecule has 2 aromatic rings. The Kier molecular flexibility index (Phi) is 5.45. The number of rotatable bonds is 4. The van der Waals surface area contributed by atoms with Gasteiger partial charge in [-0.1, -0.05) is 31.2 Å². The van der Waals surface area contributed by atoms with E-state index in [1.807, 2.05) is 4.90 Å². The first-order chi connectivity index (χ1) is 13.3. The van der Waals surface area contributed by atoms with Crippen molar-refractivity contribution in [3.05, 3.63) is 41.6 Å². The first-order valence-corrected chi connectivity index (χ1v) is 9.76. The maximum absolute atomic E-state index is 12.4. The Morgan fingerprint density at radius 2 is 2.30 bits per heavy atom. The van der Waals surface area contributed by atoms with Crippen molar-refractivity contribution in [1.82, 2.24) is 15.2 Å². The minimum absolute atomic E-state index is 0.0355. The molecular weight excluding hydrogens is 342 g/mol. The van der Waals surface area contributed by atoms with E-state index in [1.54, 1.807) is 0 Å². The summed E-state index contributed by atoms with van der Waals surface area (Å²) in [6, 6.07) is 6.43. The van der Waals surface area contributed by atoms with Gasteiger partial charge in [0.25, 0.3) is 0 Å². The fourth-order valence-corrected chi connectivity index (χ4v) is 3.84. The van der Waals surface area contributed by atoms with E-state index >= 15 is 0 Å². The maximum Gasteiger partial charge on any atom is 0.317 e. The van der Waals surface area contributed by atoms with Crippen LogP contribution in [0.1, 0.15) is 24.5 Å². The molecular formula is C21H27N3O3. The lowest BCUT2D eigenvalue weighted by Gasteiger charge is -2.28. The number of nitrogens with zero attached hydrogens (tertiary/aromatic N) is 1. The van der Waals surface area contributed by atoms with E-state index in [-0.39, 0.29) is 12.1 Å². The predicted molar refractivity (Wildman–Crippen MR) is 106 cm³/mol. The summed E-state index contributed by atoms with van der Waals surface area (Å²) in [5, 5.41) is 4.23. The quantitative estimate of drug-likeness (QED) is 0.871. The van der Waals surface area contributed by atoms with Crippen molar-refractivity contribution in [2.45, 2.75) is 25.9 Å². The number of nitrogens with one attached hydrogen (secondary N) is 2. The zero-order valence-electron chi connectivity index (χ0n) is 15.8. The number of urea groups is 1. The van der Waals surface area contributed by atoms with Crippen molar-refractivity contribution in [2.24, 2.45) is 0 Å². The average Bonchev–Trinajstić information content (AvgIpc) is 3.17. The molecule has 2 aliphatic heterocycles. The van der Waals surface area contributed by atoms with Gasteiger partial charge in [0.05, 0.1) is 25.9 Å². The highest BCUT2D eigenvalue weighted by atomic mass is 16.6. The van der Waals surface area contributed by atoms with Crippen molar-refractivity contribution in [3.63, 3.8) is 0 Å². The SMILES string of the molecule is CCc1cccc2c(C3=CCN(C(=O)NC[C@H]4COCCO4)CC3)c[nH]c12. The van der Waals surface area contributed by atoms with E-state index in [1.165, 1.54) is 27.6 Å². The summed E-state index contributed by atoms with van der Waals surface area (Å²) in [7, 11) is 0. The van der Waals surface area contributed by atoms with Crippen LogP contribution in [0.25, 0.3) is 16.5 Å². The number of aromatic nitrogens is 1. The molecule has 6 heteroatoms. The molecule has 2 aliphatic rings. The van der Waals surface area contributed by atoms with Crippen molar-refractivity contribution >= 4 is 22.5 Å². The number of H-pyrrole nitrogens is 1. The number of carbonyl (C=O) groups excluding carboxylic acids is 1. The van der Waals surface area contributed by atoms with Gasteiger partial charge < -0.3 is 24.7 Å². The van der Waals surface area contributed by atoms with Crippen molar-refractivity contribution in [1.29, 1.82) is 0 Å². The molecule has 1 aromatic heterocycles. The van der Waals surface area contributed by atoms with Gasteiger partial charge in [0.15, 0.2) is 0 Å². The Morgan fingerprint density at radius 3 is 3.04 bits per heavy atom. The fraction of sp³-hybridized carbons (Fsp3) is 0.476. The monoisotopic (exact) mass is 369 g/mol. The largest absolute Gasteiger partial charge is 0.376 e. The second-order valence-electron chi connectivity index (χ2n) is 7.07. The molecule has 0 unspecified atom stereocenters. The molecule has 0 aliphatic carbocycles. The summed E-state index contributed by atoms with van der Waals surface area (Å²) in [6.07, 6.45) is 6.11. The number of aryl methyl sites for hydroxylation is 1. The molecule has 4 rings (SSSR count). The Labute approximate surface area is 159 Å². The summed E-state index contributed by atoms with van der Waals surface area (Å²) < 4.78 is 10.9. The van der Waals surface area contributed by atoms with Crippen LogP contribution in [0.15, 0.2) is 30.5 Å². The highest BCUT2D eigenvalue weighted by molar-refractivity contribution is 5.94. The van der Waals surface area contributed by atoms with Crippen LogP contribution in [0.2, 0.25) is 0 Å². The van der Waals surface area contributed by atoms with E-state index < -0.39 is 0 Å². The molecule has 1 aromatic carbocycles. The standard InChI is InChI=1S/C21H27N3O3/c1-2-15-4-3-5-18-19(13-22-20(15)18)16-6-8-24(9-7-16)21(25)23-12-17-14-26-10-11-27-17/h3-6,13,17,22H,2,7-12,14H2,1H3,(H,23,25)/t17-/m0/s1.